The second-order valence-corrected chi connectivity index (χ2v) is 8.53. The van der Waals surface area contributed by atoms with E-state index in [2.05, 4.69) is 10.6 Å². The van der Waals surface area contributed by atoms with E-state index in [0.29, 0.717) is 29.4 Å². The lowest BCUT2D eigenvalue weighted by Gasteiger charge is -2.18. The molecular formula is C25H23N3O4S. The Hall–Kier alpha value is -3.78. The number of carbonyl (C=O) groups is 3. The number of benzene rings is 3. The van der Waals surface area contributed by atoms with E-state index in [1.54, 1.807) is 54.6 Å². The van der Waals surface area contributed by atoms with Crippen molar-refractivity contribution >= 4 is 46.7 Å². The highest BCUT2D eigenvalue weighted by Crippen LogP contribution is 2.38. The van der Waals surface area contributed by atoms with Gasteiger partial charge in [0.1, 0.15) is 5.75 Å². The smallest absolute Gasteiger partial charge is 0.323 e. The van der Waals surface area contributed by atoms with Crippen molar-refractivity contribution in [2.45, 2.75) is 23.5 Å². The number of para-hydroxylation sites is 3. The summed E-state index contributed by atoms with van der Waals surface area (Å²) in [5.41, 5.74) is 1.73. The third-order valence-electron chi connectivity index (χ3n) is 4.91. The number of ether oxygens (including phenoxy) is 1. The van der Waals surface area contributed by atoms with Crippen LogP contribution in [0.2, 0.25) is 0 Å². The highest BCUT2D eigenvalue weighted by atomic mass is 32.2. The number of amides is 4. The van der Waals surface area contributed by atoms with Gasteiger partial charge in [0, 0.05) is 22.7 Å². The van der Waals surface area contributed by atoms with Gasteiger partial charge < -0.3 is 15.4 Å². The quantitative estimate of drug-likeness (QED) is 0.475. The zero-order valence-electron chi connectivity index (χ0n) is 18.0. The van der Waals surface area contributed by atoms with Gasteiger partial charge in [-0.1, -0.05) is 36.4 Å². The topological polar surface area (TPSA) is 87.7 Å². The Morgan fingerprint density at radius 2 is 1.67 bits per heavy atom. The zero-order valence-corrected chi connectivity index (χ0v) is 18.8. The van der Waals surface area contributed by atoms with Crippen LogP contribution in [0.1, 0.15) is 13.3 Å². The molecule has 1 aliphatic heterocycles. The number of thioether (sulfide) groups is 1. The SMILES string of the molecule is CCOc1ccccc1N1C(=O)C[C@H](Sc2cccc(NC(=O)Nc3ccccc3)c2)C1=O. The van der Waals surface area contributed by atoms with Crippen LogP contribution in [0.5, 0.6) is 5.75 Å². The van der Waals surface area contributed by atoms with E-state index in [0.717, 1.165) is 4.90 Å². The van der Waals surface area contributed by atoms with Gasteiger partial charge >= 0.3 is 6.03 Å². The molecule has 7 nitrogen and oxygen atoms in total. The molecule has 1 atom stereocenters. The number of urea groups is 1. The van der Waals surface area contributed by atoms with E-state index in [4.69, 9.17) is 4.74 Å². The summed E-state index contributed by atoms with van der Waals surface area (Å²) in [4.78, 5) is 40.0. The summed E-state index contributed by atoms with van der Waals surface area (Å²) in [7, 11) is 0. The van der Waals surface area contributed by atoms with Crippen LogP contribution in [-0.2, 0) is 9.59 Å². The molecular weight excluding hydrogens is 438 g/mol. The van der Waals surface area contributed by atoms with E-state index >= 15 is 0 Å². The first-order valence-corrected chi connectivity index (χ1v) is 11.4. The van der Waals surface area contributed by atoms with Gasteiger partial charge in [-0.2, -0.15) is 0 Å². The number of nitrogens with one attached hydrogen (secondary N) is 2. The van der Waals surface area contributed by atoms with Gasteiger partial charge in [-0.05, 0) is 49.4 Å². The van der Waals surface area contributed by atoms with Crippen LogP contribution in [0.4, 0.5) is 21.9 Å². The highest BCUT2D eigenvalue weighted by molar-refractivity contribution is 8.00. The molecule has 0 aliphatic carbocycles. The van der Waals surface area contributed by atoms with E-state index in [-0.39, 0.29) is 24.3 Å². The predicted octanol–water partition coefficient (Wildman–Crippen LogP) is 5.15. The maximum atomic E-state index is 13.1. The molecule has 0 aromatic heterocycles. The lowest BCUT2D eigenvalue weighted by atomic mass is 10.2. The van der Waals surface area contributed by atoms with Crippen molar-refractivity contribution in [3.05, 3.63) is 78.9 Å². The fraction of sp³-hybridized carbons (Fsp3) is 0.160. The molecule has 1 saturated heterocycles. The average molecular weight is 462 g/mol. The molecule has 0 radical (unpaired) electrons. The first-order valence-electron chi connectivity index (χ1n) is 10.5. The number of imide groups is 1. The molecule has 168 valence electrons. The Kier molecular flexibility index (Phi) is 6.95. The highest BCUT2D eigenvalue weighted by Gasteiger charge is 2.41. The molecule has 0 spiro atoms. The van der Waals surface area contributed by atoms with Crippen molar-refractivity contribution < 1.29 is 19.1 Å². The van der Waals surface area contributed by atoms with Gasteiger partial charge in [0.05, 0.1) is 17.5 Å². The number of carbonyl (C=O) groups excluding carboxylic acids is 3. The maximum absolute atomic E-state index is 13.1. The normalized spacial score (nSPS) is 15.4. The monoisotopic (exact) mass is 461 g/mol. The molecule has 0 saturated carbocycles. The molecule has 33 heavy (non-hydrogen) atoms. The fourth-order valence-electron chi connectivity index (χ4n) is 3.50. The summed E-state index contributed by atoms with van der Waals surface area (Å²) in [6, 6.07) is 23.0. The third-order valence-corrected chi connectivity index (χ3v) is 6.09. The molecule has 0 bridgehead atoms. The average Bonchev–Trinajstić information content (AvgIpc) is 3.08. The van der Waals surface area contributed by atoms with Gasteiger partial charge in [0.15, 0.2) is 0 Å². The largest absolute Gasteiger partial charge is 0.492 e. The maximum Gasteiger partial charge on any atom is 0.323 e. The van der Waals surface area contributed by atoms with Gasteiger partial charge in [-0.25, -0.2) is 9.69 Å². The minimum absolute atomic E-state index is 0.0934. The van der Waals surface area contributed by atoms with Crippen molar-refractivity contribution in [1.82, 2.24) is 0 Å². The minimum Gasteiger partial charge on any atom is -0.492 e. The van der Waals surface area contributed by atoms with Crippen LogP contribution >= 0.6 is 11.8 Å². The Morgan fingerprint density at radius 1 is 0.970 bits per heavy atom. The molecule has 1 aliphatic rings. The number of rotatable bonds is 7. The molecule has 0 unspecified atom stereocenters. The summed E-state index contributed by atoms with van der Waals surface area (Å²) in [6.45, 7) is 2.28. The van der Waals surface area contributed by atoms with Gasteiger partial charge in [-0.3, -0.25) is 9.59 Å². The first-order chi connectivity index (χ1) is 16.0. The van der Waals surface area contributed by atoms with Gasteiger partial charge in [0.25, 0.3) is 0 Å². The van der Waals surface area contributed by atoms with Crippen molar-refractivity contribution in [3.63, 3.8) is 0 Å². The van der Waals surface area contributed by atoms with Crippen LogP contribution in [0.3, 0.4) is 0 Å². The fourth-order valence-corrected chi connectivity index (χ4v) is 4.61. The predicted molar refractivity (Wildman–Crippen MR) is 130 cm³/mol. The van der Waals surface area contributed by atoms with Crippen molar-refractivity contribution in [1.29, 1.82) is 0 Å². The van der Waals surface area contributed by atoms with Gasteiger partial charge in [-0.15, -0.1) is 11.8 Å². The van der Waals surface area contributed by atoms with E-state index < -0.39 is 5.25 Å². The van der Waals surface area contributed by atoms with Gasteiger partial charge in [0.2, 0.25) is 11.8 Å². The van der Waals surface area contributed by atoms with Crippen LogP contribution in [0.25, 0.3) is 0 Å². The molecule has 2 N–H and O–H groups in total. The Balaban J connectivity index is 1.44. The van der Waals surface area contributed by atoms with E-state index in [1.807, 2.05) is 31.2 Å². The summed E-state index contributed by atoms with van der Waals surface area (Å²) in [5.74, 6) is -0.0403. The molecule has 4 amide bonds. The van der Waals surface area contributed by atoms with Crippen LogP contribution < -0.4 is 20.3 Å². The summed E-state index contributed by atoms with van der Waals surface area (Å²) in [6.07, 6.45) is 0.0934. The van der Waals surface area contributed by atoms with Crippen LogP contribution in [-0.4, -0.2) is 29.7 Å². The second-order valence-electron chi connectivity index (χ2n) is 7.25. The van der Waals surface area contributed by atoms with Crippen molar-refractivity contribution in [2.24, 2.45) is 0 Å². The molecule has 1 heterocycles. The second kappa shape index (κ2) is 10.2. The number of hydrogen-bond donors (Lipinski definition) is 2. The molecule has 3 aromatic rings. The Morgan fingerprint density at radius 3 is 2.45 bits per heavy atom. The molecule has 4 rings (SSSR count). The van der Waals surface area contributed by atoms with Crippen molar-refractivity contribution in [3.8, 4) is 5.75 Å². The summed E-state index contributed by atoms with van der Waals surface area (Å²) >= 11 is 1.30. The van der Waals surface area contributed by atoms with E-state index in [9.17, 15) is 14.4 Å². The number of nitrogens with zero attached hydrogens (tertiary/aromatic N) is 1. The first kappa shape index (κ1) is 22.4. The molecule has 1 fully saturated rings. The Labute approximate surface area is 196 Å². The van der Waals surface area contributed by atoms with E-state index in [1.165, 1.54) is 16.7 Å². The third kappa shape index (κ3) is 5.35. The van der Waals surface area contributed by atoms with Crippen LogP contribution in [0, 0.1) is 0 Å². The summed E-state index contributed by atoms with van der Waals surface area (Å²) in [5, 5.41) is 5.00. The number of hydrogen-bond acceptors (Lipinski definition) is 5. The lowest BCUT2D eigenvalue weighted by Crippen LogP contribution is -2.31. The van der Waals surface area contributed by atoms with Crippen molar-refractivity contribution in [2.75, 3.05) is 22.1 Å². The Bertz CT molecular complexity index is 1170. The molecule has 8 heteroatoms. The lowest BCUT2D eigenvalue weighted by molar-refractivity contribution is -0.121. The minimum atomic E-state index is -0.555. The standard InChI is InChI=1S/C25H23N3O4S/c1-2-32-21-14-7-6-13-20(21)28-23(29)16-22(24(28)30)33-19-12-8-11-18(15-19)27-25(31)26-17-9-4-3-5-10-17/h3-15,22H,2,16H2,1H3,(H2,26,27,31)/t22-/m0/s1. The number of anilines is 3. The zero-order chi connectivity index (χ0) is 23.2. The summed E-state index contributed by atoms with van der Waals surface area (Å²) < 4.78 is 5.60. The molecule has 3 aromatic carbocycles. The van der Waals surface area contributed by atoms with Crippen LogP contribution in [0.15, 0.2) is 83.8 Å².